The van der Waals surface area contributed by atoms with Crippen molar-refractivity contribution in [3.8, 4) is 22.8 Å². The number of halogens is 2. The van der Waals surface area contributed by atoms with Gasteiger partial charge in [-0.05, 0) is 60.5 Å². The number of ether oxygens (including phenoxy) is 3. The molecule has 0 aliphatic rings. The molecule has 0 aliphatic carbocycles. The van der Waals surface area contributed by atoms with Gasteiger partial charge in [0.2, 0.25) is 0 Å². The summed E-state index contributed by atoms with van der Waals surface area (Å²) in [5, 5.41) is 7.41. The van der Waals surface area contributed by atoms with E-state index in [4.69, 9.17) is 30.8 Å². The Hall–Kier alpha value is -4.69. The predicted octanol–water partition coefficient (Wildman–Crippen LogP) is 7.70. The van der Waals surface area contributed by atoms with Gasteiger partial charge < -0.3 is 19.5 Å². The van der Waals surface area contributed by atoms with Gasteiger partial charge >= 0.3 is 0 Å². The maximum Gasteiger partial charge on any atom is 0.197 e. The molecule has 252 valence electrons. The number of methoxy groups -OCH3 is 1. The second-order valence-electron chi connectivity index (χ2n) is 10.8. The number of hydrogen-bond acceptors (Lipinski definition) is 11. The van der Waals surface area contributed by atoms with Crippen LogP contribution in [0.5, 0.6) is 11.5 Å². The number of hydrogen-bond donors (Lipinski definition) is 1. The Morgan fingerprint density at radius 3 is 2.65 bits per heavy atom. The second kappa shape index (κ2) is 15.7. The van der Waals surface area contributed by atoms with E-state index >= 15 is 0 Å². The molecule has 14 heteroatoms. The molecule has 0 atom stereocenters. The van der Waals surface area contributed by atoms with Crippen LogP contribution >= 0.6 is 22.9 Å². The summed E-state index contributed by atoms with van der Waals surface area (Å²) in [6.07, 6.45) is 4.29. The number of thiazole rings is 1. The summed E-state index contributed by atoms with van der Waals surface area (Å²) in [5.41, 5.74) is 3.59. The fraction of sp³-hybridized carbons (Fsp3) is 0.200. The second-order valence-corrected chi connectivity index (χ2v) is 14.2. The minimum absolute atomic E-state index is 0.0521. The monoisotopic (exact) mass is 719 g/mol. The maximum atomic E-state index is 13.5. The van der Waals surface area contributed by atoms with Crippen LogP contribution in [0.4, 0.5) is 15.9 Å². The predicted molar refractivity (Wildman–Crippen MR) is 188 cm³/mol. The molecular formula is C35H31ClFN5O5S2. The van der Waals surface area contributed by atoms with Gasteiger partial charge in [0.1, 0.15) is 36.1 Å². The summed E-state index contributed by atoms with van der Waals surface area (Å²) >= 11 is 8.06. The number of rotatable bonds is 15. The molecule has 1 N–H and O–H groups in total. The van der Waals surface area contributed by atoms with Crippen LogP contribution in [0, 0.1) is 5.82 Å². The lowest BCUT2D eigenvalue weighted by atomic mass is 10.1. The molecule has 0 fully saturated rings. The molecule has 6 aromatic rings. The molecule has 3 aromatic carbocycles. The van der Waals surface area contributed by atoms with E-state index in [2.05, 4.69) is 20.3 Å². The summed E-state index contributed by atoms with van der Waals surface area (Å²) in [6, 6.07) is 20.1. The smallest absolute Gasteiger partial charge is 0.197 e. The van der Waals surface area contributed by atoms with Crippen molar-refractivity contribution >= 4 is 55.2 Å². The summed E-state index contributed by atoms with van der Waals surface area (Å²) in [4.78, 5) is 17.7. The normalized spacial score (nSPS) is 11.5. The van der Waals surface area contributed by atoms with E-state index in [0.29, 0.717) is 58.6 Å². The molecule has 0 spiro atoms. The quantitative estimate of drug-likeness (QED) is 0.106. The van der Waals surface area contributed by atoms with E-state index in [9.17, 15) is 12.8 Å². The highest BCUT2D eigenvalue weighted by molar-refractivity contribution is 7.91. The van der Waals surface area contributed by atoms with Crippen LogP contribution in [0.25, 0.3) is 22.2 Å². The van der Waals surface area contributed by atoms with Crippen LogP contribution in [0.3, 0.4) is 0 Å². The third kappa shape index (κ3) is 8.67. The highest BCUT2D eigenvalue weighted by Gasteiger charge is 2.17. The molecule has 6 rings (SSSR count). The van der Waals surface area contributed by atoms with Crippen molar-refractivity contribution in [2.45, 2.75) is 24.5 Å². The van der Waals surface area contributed by atoms with Gasteiger partial charge in [-0.15, -0.1) is 11.3 Å². The van der Waals surface area contributed by atoms with Crippen molar-refractivity contribution in [1.82, 2.24) is 19.9 Å². The number of fused-ring (bicyclic) bond motifs is 1. The molecule has 0 saturated heterocycles. The van der Waals surface area contributed by atoms with Gasteiger partial charge in [-0.2, -0.15) is 0 Å². The van der Waals surface area contributed by atoms with Crippen LogP contribution < -0.4 is 14.8 Å². The molecule has 3 aromatic heterocycles. The van der Waals surface area contributed by atoms with Crippen LogP contribution in [-0.2, 0) is 27.6 Å². The summed E-state index contributed by atoms with van der Waals surface area (Å²) in [5.74, 6) is 1.20. The van der Waals surface area contributed by atoms with Gasteiger partial charge in [0.25, 0.3) is 0 Å². The largest absolute Gasteiger partial charge is 0.496 e. The molecule has 3 heterocycles. The number of nitrogens with one attached hydrogen (secondary N) is 1. The Labute approximate surface area is 291 Å². The van der Waals surface area contributed by atoms with E-state index in [1.165, 1.54) is 42.1 Å². The highest BCUT2D eigenvalue weighted by atomic mass is 35.5. The number of anilines is 2. The lowest BCUT2D eigenvalue weighted by Crippen LogP contribution is -2.14. The number of sulfone groups is 1. The van der Waals surface area contributed by atoms with E-state index in [-0.39, 0.29) is 29.8 Å². The molecule has 0 saturated carbocycles. The molecule has 0 amide bonds. The number of aromatic nitrogens is 4. The SMILES string of the molecule is COc1cc2ncnc(Nc3ccc(OCc4cccc(F)c4)c(Cl)c3)c2cc1-c1csc(CCCOCCS(=O)(=O)c2ccccn2)n1. The molecule has 0 radical (unpaired) electrons. The molecule has 0 aliphatic heterocycles. The van der Waals surface area contributed by atoms with Gasteiger partial charge in [0.15, 0.2) is 14.9 Å². The standard InChI is InChI=1S/C35H31ClFN5O5S2/c1-45-32-19-29-27(35(40-22-39-29)41-25-10-11-31(28(36)17-25)47-20-23-6-4-7-24(37)16-23)18-26(32)30-21-48-33(42-30)8-5-13-46-14-15-49(43,44)34-9-2-3-12-38-34/h2-4,6-7,9-12,16-19,21-22H,5,8,13-15,20H2,1H3,(H,39,40,41). The first-order valence-corrected chi connectivity index (χ1v) is 18.1. The fourth-order valence-electron chi connectivity index (χ4n) is 4.95. The van der Waals surface area contributed by atoms with E-state index in [0.717, 1.165) is 21.7 Å². The Morgan fingerprint density at radius 1 is 0.959 bits per heavy atom. The highest BCUT2D eigenvalue weighted by Crippen LogP contribution is 2.37. The zero-order chi connectivity index (χ0) is 34.2. The minimum Gasteiger partial charge on any atom is -0.496 e. The number of benzene rings is 3. The topological polar surface area (TPSA) is 125 Å². The maximum absolute atomic E-state index is 13.5. The first-order valence-electron chi connectivity index (χ1n) is 15.2. The van der Waals surface area contributed by atoms with Crippen molar-refractivity contribution in [2.24, 2.45) is 0 Å². The van der Waals surface area contributed by atoms with Gasteiger partial charge in [-0.25, -0.2) is 32.7 Å². The first kappa shape index (κ1) is 34.2. The van der Waals surface area contributed by atoms with E-state index in [1.807, 2.05) is 23.6 Å². The van der Waals surface area contributed by atoms with Crippen molar-refractivity contribution in [2.75, 3.05) is 31.4 Å². The van der Waals surface area contributed by atoms with Crippen LogP contribution in [0.2, 0.25) is 5.02 Å². The van der Waals surface area contributed by atoms with Gasteiger partial charge in [-0.3, -0.25) is 0 Å². The Balaban J connectivity index is 1.10. The van der Waals surface area contributed by atoms with Crippen LogP contribution in [-0.4, -0.2) is 54.4 Å². The Morgan fingerprint density at radius 2 is 1.86 bits per heavy atom. The van der Waals surface area contributed by atoms with Crippen LogP contribution in [0.15, 0.2) is 95.7 Å². The number of nitrogens with zero attached hydrogens (tertiary/aromatic N) is 4. The van der Waals surface area contributed by atoms with Crippen molar-refractivity contribution < 1.29 is 27.0 Å². The summed E-state index contributed by atoms with van der Waals surface area (Å²) < 4.78 is 55.4. The Bertz CT molecular complexity index is 2170. The first-order chi connectivity index (χ1) is 23.8. The molecule has 0 unspecified atom stereocenters. The van der Waals surface area contributed by atoms with Crippen LogP contribution in [0.1, 0.15) is 17.0 Å². The lowest BCUT2D eigenvalue weighted by molar-refractivity contribution is 0.146. The van der Waals surface area contributed by atoms with Gasteiger partial charge in [0.05, 0.1) is 40.7 Å². The Kier molecular flexibility index (Phi) is 10.9. The molecule has 10 nitrogen and oxygen atoms in total. The molecular weight excluding hydrogens is 689 g/mol. The zero-order valence-electron chi connectivity index (χ0n) is 26.3. The van der Waals surface area contributed by atoms with E-state index < -0.39 is 9.84 Å². The van der Waals surface area contributed by atoms with Gasteiger partial charge in [-0.1, -0.05) is 29.8 Å². The average molecular weight is 720 g/mol. The third-order valence-corrected chi connectivity index (χ3v) is 10.2. The van der Waals surface area contributed by atoms with Crippen molar-refractivity contribution in [3.05, 3.63) is 112 Å². The lowest BCUT2D eigenvalue weighted by Gasteiger charge is -2.13. The number of pyridine rings is 1. The van der Waals surface area contributed by atoms with E-state index in [1.54, 1.807) is 43.5 Å². The van der Waals surface area contributed by atoms with Gasteiger partial charge in [0, 0.05) is 47.3 Å². The number of aryl methyl sites for hydroxylation is 1. The summed E-state index contributed by atoms with van der Waals surface area (Å²) in [6.45, 7) is 0.676. The zero-order valence-corrected chi connectivity index (χ0v) is 28.7. The van der Waals surface area contributed by atoms with Crippen molar-refractivity contribution in [3.63, 3.8) is 0 Å². The fourth-order valence-corrected chi connectivity index (χ4v) is 7.08. The van der Waals surface area contributed by atoms with Crippen molar-refractivity contribution in [1.29, 1.82) is 0 Å². The average Bonchev–Trinajstić information content (AvgIpc) is 3.58. The minimum atomic E-state index is -3.48. The third-order valence-electron chi connectivity index (χ3n) is 7.39. The summed E-state index contributed by atoms with van der Waals surface area (Å²) in [7, 11) is -1.88. The molecule has 0 bridgehead atoms. The molecule has 49 heavy (non-hydrogen) atoms.